The van der Waals surface area contributed by atoms with Crippen molar-refractivity contribution < 1.29 is 9.53 Å². The molecule has 3 rings (SSSR count). The van der Waals surface area contributed by atoms with Crippen LogP contribution in [0.5, 0.6) is 0 Å². The van der Waals surface area contributed by atoms with Gasteiger partial charge in [-0.3, -0.25) is 9.20 Å². The summed E-state index contributed by atoms with van der Waals surface area (Å²) < 4.78 is 7.20. The lowest BCUT2D eigenvalue weighted by Gasteiger charge is -2.07. The first kappa shape index (κ1) is 17.1. The zero-order valence-electron chi connectivity index (χ0n) is 15.0. The van der Waals surface area contributed by atoms with Gasteiger partial charge in [0, 0.05) is 17.5 Å². The first-order valence-corrected chi connectivity index (χ1v) is 8.72. The van der Waals surface area contributed by atoms with E-state index >= 15 is 0 Å². The van der Waals surface area contributed by atoms with Crippen molar-refractivity contribution >= 4 is 11.7 Å². The standard InChI is InChI=1S/C20H23N3O2/c1-4-11-25-18(24)12-17-19(15-9-7-6-8-10-15)22-20-21-16(5-2)14(3)13-23(17)20/h6-10,13H,4-5,11-12H2,1-3H3. The van der Waals surface area contributed by atoms with Crippen molar-refractivity contribution in [3.8, 4) is 11.3 Å². The van der Waals surface area contributed by atoms with E-state index in [1.165, 1.54) is 0 Å². The third kappa shape index (κ3) is 3.55. The number of imidazole rings is 1. The Morgan fingerprint density at radius 2 is 1.92 bits per heavy atom. The third-order valence-electron chi connectivity index (χ3n) is 4.17. The van der Waals surface area contributed by atoms with Gasteiger partial charge in [0.15, 0.2) is 0 Å². The van der Waals surface area contributed by atoms with Gasteiger partial charge < -0.3 is 4.74 Å². The predicted molar refractivity (Wildman–Crippen MR) is 97.5 cm³/mol. The Kier molecular flexibility index (Phi) is 5.12. The monoisotopic (exact) mass is 337 g/mol. The molecule has 130 valence electrons. The summed E-state index contributed by atoms with van der Waals surface area (Å²) in [5.41, 5.74) is 4.70. The second-order valence-electron chi connectivity index (χ2n) is 6.06. The fraction of sp³-hybridized carbons (Fsp3) is 0.350. The van der Waals surface area contributed by atoms with Crippen molar-refractivity contribution in [1.29, 1.82) is 0 Å². The molecule has 5 heteroatoms. The van der Waals surface area contributed by atoms with Gasteiger partial charge in [-0.2, -0.15) is 0 Å². The summed E-state index contributed by atoms with van der Waals surface area (Å²) in [6.45, 7) is 6.53. The number of ether oxygens (including phenoxy) is 1. The topological polar surface area (TPSA) is 56.5 Å². The fourth-order valence-electron chi connectivity index (χ4n) is 2.90. The molecule has 0 aliphatic rings. The first-order chi connectivity index (χ1) is 12.1. The van der Waals surface area contributed by atoms with Crippen LogP contribution in [0.25, 0.3) is 17.0 Å². The van der Waals surface area contributed by atoms with Gasteiger partial charge in [-0.25, -0.2) is 9.97 Å². The zero-order chi connectivity index (χ0) is 17.8. The van der Waals surface area contributed by atoms with E-state index in [2.05, 4.69) is 11.9 Å². The second kappa shape index (κ2) is 7.47. The smallest absolute Gasteiger partial charge is 0.311 e. The lowest BCUT2D eigenvalue weighted by Crippen LogP contribution is -2.11. The molecule has 0 unspecified atom stereocenters. The molecule has 0 atom stereocenters. The molecule has 0 amide bonds. The lowest BCUT2D eigenvalue weighted by atomic mass is 10.1. The number of nitrogens with zero attached hydrogens (tertiary/aromatic N) is 3. The number of aryl methyl sites for hydroxylation is 2. The molecule has 0 aliphatic carbocycles. The predicted octanol–water partition coefficient (Wildman–Crippen LogP) is 3.76. The Morgan fingerprint density at radius 3 is 2.60 bits per heavy atom. The van der Waals surface area contributed by atoms with Gasteiger partial charge in [0.1, 0.15) is 0 Å². The maximum Gasteiger partial charge on any atom is 0.311 e. The Bertz CT molecular complexity index is 885. The Hall–Kier alpha value is -2.69. The van der Waals surface area contributed by atoms with Crippen molar-refractivity contribution in [2.24, 2.45) is 0 Å². The van der Waals surface area contributed by atoms with E-state index in [-0.39, 0.29) is 12.4 Å². The van der Waals surface area contributed by atoms with Crippen LogP contribution in [0.4, 0.5) is 0 Å². The van der Waals surface area contributed by atoms with E-state index in [0.717, 1.165) is 41.1 Å². The molecule has 5 nitrogen and oxygen atoms in total. The quantitative estimate of drug-likeness (QED) is 0.643. The number of carbonyl (C=O) groups is 1. The minimum Gasteiger partial charge on any atom is -0.465 e. The number of aromatic nitrogens is 3. The molecule has 1 aromatic carbocycles. The zero-order valence-corrected chi connectivity index (χ0v) is 15.0. The summed E-state index contributed by atoms with van der Waals surface area (Å²) in [6, 6.07) is 9.89. The highest BCUT2D eigenvalue weighted by molar-refractivity contribution is 5.77. The van der Waals surface area contributed by atoms with E-state index in [1.807, 2.05) is 54.8 Å². The summed E-state index contributed by atoms with van der Waals surface area (Å²) in [4.78, 5) is 21.6. The molecular formula is C20H23N3O2. The van der Waals surface area contributed by atoms with Crippen LogP contribution < -0.4 is 0 Å². The van der Waals surface area contributed by atoms with E-state index < -0.39 is 0 Å². The van der Waals surface area contributed by atoms with Crippen molar-refractivity contribution in [3.05, 3.63) is 53.5 Å². The van der Waals surface area contributed by atoms with Crippen LogP contribution in [-0.4, -0.2) is 26.9 Å². The van der Waals surface area contributed by atoms with E-state index in [1.54, 1.807) is 0 Å². The van der Waals surface area contributed by atoms with E-state index in [0.29, 0.717) is 12.4 Å². The summed E-state index contributed by atoms with van der Waals surface area (Å²) in [6.07, 6.45) is 3.86. The van der Waals surface area contributed by atoms with Crippen LogP contribution in [0.15, 0.2) is 36.5 Å². The maximum absolute atomic E-state index is 12.2. The lowest BCUT2D eigenvalue weighted by molar-refractivity contribution is -0.142. The average Bonchev–Trinajstić information content (AvgIpc) is 2.97. The largest absolute Gasteiger partial charge is 0.465 e. The van der Waals surface area contributed by atoms with Crippen LogP contribution in [-0.2, 0) is 22.4 Å². The maximum atomic E-state index is 12.2. The molecular weight excluding hydrogens is 314 g/mol. The van der Waals surface area contributed by atoms with Crippen LogP contribution in [0, 0.1) is 6.92 Å². The SMILES string of the molecule is CCCOC(=O)Cc1c(-c2ccccc2)nc2nc(CC)c(C)cn12. The number of rotatable bonds is 6. The van der Waals surface area contributed by atoms with Gasteiger partial charge in [0.05, 0.1) is 24.4 Å². The summed E-state index contributed by atoms with van der Waals surface area (Å²) >= 11 is 0. The Balaban J connectivity index is 2.12. The van der Waals surface area contributed by atoms with Gasteiger partial charge in [0.25, 0.3) is 0 Å². The number of carbonyl (C=O) groups excluding carboxylic acids is 1. The normalized spacial score (nSPS) is 11.0. The molecule has 0 radical (unpaired) electrons. The Labute approximate surface area is 147 Å². The number of hydrogen-bond donors (Lipinski definition) is 0. The molecule has 0 spiro atoms. The summed E-state index contributed by atoms with van der Waals surface area (Å²) in [5, 5.41) is 0. The molecule has 25 heavy (non-hydrogen) atoms. The van der Waals surface area contributed by atoms with Crippen molar-refractivity contribution in [2.75, 3.05) is 6.61 Å². The van der Waals surface area contributed by atoms with Crippen LogP contribution in [0.3, 0.4) is 0 Å². The highest BCUT2D eigenvalue weighted by Crippen LogP contribution is 2.25. The third-order valence-corrected chi connectivity index (χ3v) is 4.17. The van der Waals surface area contributed by atoms with Gasteiger partial charge in [0.2, 0.25) is 5.78 Å². The van der Waals surface area contributed by atoms with E-state index in [9.17, 15) is 4.79 Å². The highest BCUT2D eigenvalue weighted by atomic mass is 16.5. The molecule has 2 aromatic heterocycles. The van der Waals surface area contributed by atoms with Gasteiger partial charge >= 0.3 is 5.97 Å². The number of hydrogen-bond acceptors (Lipinski definition) is 4. The number of benzene rings is 1. The Morgan fingerprint density at radius 1 is 1.16 bits per heavy atom. The average molecular weight is 337 g/mol. The van der Waals surface area contributed by atoms with Crippen molar-refractivity contribution in [1.82, 2.24) is 14.4 Å². The molecule has 0 aliphatic heterocycles. The van der Waals surface area contributed by atoms with Crippen LogP contribution in [0.2, 0.25) is 0 Å². The molecule has 0 bridgehead atoms. The first-order valence-electron chi connectivity index (χ1n) is 8.72. The van der Waals surface area contributed by atoms with Crippen molar-refractivity contribution in [3.63, 3.8) is 0 Å². The molecule has 0 saturated carbocycles. The second-order valence-corrected chi connectivity index (χ2v) is 6.06. The minimum absolute atomic E-state index is 0.179. The highest BCUT2D eigenvalue weighted by Gasteiger charge is 2.19. The summed E-state index contributed by atoms with van der Waals surface area (Å²) in [7, 11) is 0. The van der Waals surface area contributed by atoms with E-state index in [4.69, 9.17) is 9.72 Å². The molecule has 3 aromatic rings. The molecule has 0 saturated heterocycles. The fourth-order valence-corrected chi connectivity index (χ4v) is 2.90. The number of fused-ring (bicyclic) bond motifs is 1. The summed E-state index contributed by atoms with van der Waals surface area (Å²) in [5.74, 6) is 0.387. The van der Waals surface area contributed by atoms with Gasteiger partial charge in [-0.05, 0) is 25.3 Å². The van der Waals surface area contributed by atoms with Crippen LogP contribution >= 0.6 is 0 Å². The number of esters is 1. The van der Waals surface area contributed by atoms with Crippen molar-refractivity contribution in [2.45, 2.75) is 40.0 Å². The van der Waals surface area contributed by atoms with Gasteiger partial charge in [-0.1, -0.05) is 44.2 Å². The minimum atomic E-state index is -0.238. The molecule has 0 fully saturated rings. The van der Waals surface area contributed by atoms with Crippen LogP contribution in [0.1, 0.15) is 37.2 Å². The van der Waals surface area contributed by atoms with Gasteiger partial charge in [-0.15, -0.1) is 0 Å². The molecule has 0 N–H and O–H groups in total. The molecule has 2 heterocycles.